The summed E-state index contributed by atoms with van der Waals surface area (Å²) in [5.74, 6) is 0. The van der Waals surface area contributed by atoms with Crippen LogP contribution in [0, 0.1) is 0 Å². The average molecular weight is 356 g/mol. The molecular weight excluding hydrogens is 344 g/mol. The fraction of sp³-hybridized carbons (Fsp3) is 0. The van der Waals surface area contributed by atoms with E-state index in [0.717, 1.165) is 32.3 Å². The van der Waals surface area contributed by atoms with E-state index in [-0.39, 0.29) is 0 Å². The van der Waals surface area contributed by atoms with Gasteiger partial charge in [0.05, 0.1) is 16.4 Å². The van der Waals surface area contributed by atoms with E-state index in [1.54, 1.807) is 23.9 Å². The smallest absolute Gasteiger partial charge is 0.172 e. The van der Waals surface area contributed by atoms with Gasteiger partial charge in [-0.15, -0.1) is 11.3 Å². The van der Waals surface area contributed by atoms with E-state index in [2.05, 4.69) is 32.1 Å². The summed E-state index contributed by atoms with van der Waals surface area (Å²) in [6, 6.07) is 16.1. The Kier molecular flexibility index (Phi) is 3.54. The molecule has 0 atom stereocenters. The Morgan fingerprint density at radius 3 is 2.31 bits per heavy atom. The van der Waals surface area contributed by atoms with Gasteiger partial charge in [0.1, 0.15) is 23.8 Å². The van der Waals surface area contributed by atoms with Crippen molar-refractivity contribution >= 4 is 53.7 Å². The molecule has 0 fully saturated rings. The lowest BCUT2D eigenvalue weighted by Gasteiger charge is -1.86. The van der Waals surface area contributed by atoms with E-state index in [4.69, 9.17) is 4.42 Å². The number of rotatable bonds is 0. The molecule has 5 nitrogen and oxygen atoms in total. The number of nitrogens with zero attached hydrogens (tertiary/aromatic N) is 4. The molecule has 0 amide bonds. The molecule has 0 aliphatic heterocycles. The lowest BCUT2D eigenvalue weighted by molar-refractivity contribution is 0.665. The summed E-state index contributed by atoms with van der Waals surface area (Å²) in [6.45, 7) is 0. The first-order valence-corrected chi connectivity index (χ1v) is 8.86. The fourth-order valence-electron chi connectivity index (χ4n) is 2.93. The van der Waals surface area contributed by atoms with Gasteiger partial charge in [0.2, 0.25) is 0 Å². The molecule has 0 radical (unpaired) electrons. The molecule has 0 unspecified atom stereocenters. The lowest BCUT2D eigenvalue weighted by Crippen LogP contribution is -1.74. The number of aromatic nitrogens is 4. The number of hydrogen-bond donors (Lipinski definition) is 0. The van der Waals surface area contributed by atoms with E-state index in [9.17, 15) is 0 Å². The molecular formula is C20H12N4OS. The maximum absolute atomic E-state index is 5.53. The van der Waals surface area contributed by atoms with Crippen LogP contribution in [0.1, 0.15) is 0 Å². The van der Waals surface area contributed by atoms with Gasteiger partial charge in [0.25, 0.3) is 0 Å². The van der Waals surface area contributed by atoms with Gasteiger partial charge in [0, 0.05) is 21.7 Å². The molecule has 4 heterocycles. The third kappa shape index (κ3) is 2.48. The van der Waals surface area contributed by atoms with Crippen molar-refractivity contribution < 1.29 is 4.42 Å². The van der Waals surface area contributed by atoms with Gasteiger partial charge in [0.15, 0.2) is 5.58 Å². The van der Waals surface area contributed by atoms with Gasteiger partial charge < -0.3 is 4.42 Å². The van der Waals surface area contributed by atoms with E-state index in [0.29, 0.717) is 0 Å². The zero-order chi connectivity index (χ0) is 17.3. The minimum atomic E-state index is 0.740. The van der Waals surface area contributed by atoms with Crippen molar-refractivity contribution in [2.24, 2.45) is 0 Å². The minimum absolute atomic E-state index is 0.740. The molecule has 0 saturated carbocycles. The standard InChI is InChI=1S/C10H6N2O.C10H6N2S/c2*1-2-4-8-7(3-1)10-9(13-8)5-11-6-12-10/h2*1-6H. The third-order valence-corrected chi connectivity index (χ3v) is 5.18. The summed E-state index contributed by atoms with van der Waals surface area (Å²) in [6.07, 6.45) is 6.68. The van der Waals surface area contributed by atoms with Crippen molar-refractivity contribution in [2.75, 3.05) is 0 Å². The van der Waals surface area contributed by atoms with E-state index in [1.807, 2.05) is 42.6 Å². The molecule has 0 bridgehead atoms. The van der Waals surface area contributed by atoms with Crippen LogP contribution in [0.25, 0.3) is 42.4 Å². The summed E-state index contributed by atoms with van der Waals surface area (Å²) in [5, 5.41) is 2.27. The van der Waals surface area contributed by atoms with Crippen molar-refractivity contribution in [3.05, 3.63) is 73.6 Å². The van der Waals surface area contributed by atoms with Crippen LogP contribution in [0.15, 0.2) is 78.0 Å². The lowest BCUT2D eigenvalue weighted by atomic mass is 10.2. The Bertz CT molecular complexity index is 1150. The topological polar surface area (TPSA) is 64.7 Å². The number of hydrogen-bond acceptors (Lipinski definition) is 6. The van der Waals surface area contributed by atoms with Crippen molar-refractivity contribution in [3.8, 4) is 0 Å². The molecule has 26 heavy (non-hydrogen) atoms. The molecule has 0 saturated heterocycles. The third-order valence-electron chi connectivity index (χ3n) is 4.08. The first-order valence-electron chi connectivity index (χ1n) is 8.04. The highest BCUT2D eigenvalue weighted by Gasteiger charge is 2.05. The second-order valence-electron chi connectivity index (χ2n) is 5.67. The maximum atomic E-state index is 5.53. The summed E-state index contributed by atoms with van der Waals surface area (Å²) in [4.78, 5) is 16.3. The summed E-state index contributed by atoms with van der Waals surface area (Å²) >= 11 is 1.74. The van der Waals surface area contributed by atoms with Gasteiger partial charge >= 0.3 is 0 Å². The zero-order valence-electron chi connectivity index (χ0n) is 13.5. The Hall–Kier alpha value is -3.38. The van der Waals surface area contributed by atoms with Crippen LogP contribution in [0.2, 0.25) is 0 Å². The highest BCUT2D eigenvalue weighted by Crippen LogP contribution is 2.31. The predicted molar refractivity (Wildman–Crippen MR) is 104 cm³/mol. The molecule has 4 aromatic heterocycles. The van der Waals surface area contributed by atoms with E-state index < -0.39 is 0 Å². The summed E-state index contributed by atoms with van der Waals surface area (Å²) in [5.41, 5.74) is 3.54. The van der Waals surface area contributed by atoms with Crippen LogP contribution in [0.4, 0.5) is 0 Å². The maximum Gasteiger partial charge on any atom is 0.172 e. The Labute approximate surface area is 152 Å². The zero-order valence-corrected chi connectivity index (χ0v) is 14.4. The monoisotopic (exact) mass is 356 g/mol. The highest BCUT2D eigenvalue weighted by molar-refractivity contribution is 7.25. The quantitative estimate of drug-likeness (QED) is 0.373. The number of thiophene rings is 1. The molecule has 0 aliphatic rings. The first-order chi connectivity index (χ1) is 12.9. The van der Waals surface area contributed by atoms with Gasteiger partial charge in [-0.25, -0.2) is 19.9 Å². The van der Waals surface area contributed by atoms with Crippen LogP contribution >= 0.6 is 11.3 Å². The molecule has 124 valence electrons. The van der Waals surface area contributed by atoms with Crippen LogP contribution in [0.3, 0.4) is 0 Å². The van der Waals surface area contributed by atoms with Crippen molar-refractivity contribution in [1.29, 1.82) is 0 Å². The van der Waals surface area contributed by atoms with Gasteiger partial charge in [-0.1, -0.05) is 30.3 Å². The molecule has 6 rings (SSSR count). The molecule has 0 N–H and O–H groups in total. The van der Waals surface area contributed by atoms with Gasteiger partial charge in [-0.2, -0.15) is 0 Å². The van der Waals surface area contributed by atoms with Gasteiger partial charge in [-0.3, -0.25) is 0 Å². The normalized spacial score (nSPS) is 11.1. The van der Waals surface area contributed by atoms with E-state index >= 15 is 0 Å². The number of furan rings is 1. The van der Waals surface area contributed by atoms with E-state index in [1.165, 1.54) is 16.4 Å². The average Bonchev–Trinajstić information content (AvgIpc) is 3.27. The van der Waals surface area contributed by atoms with Gasteiger partial charge in [-0.05, 0) is 18.2 Å². The summed E-state index contributed by atoms with van der Waals surface area (Å²) in [7, 11) is 0. The summed E-state index contributed by atoms with van der Waals surface area (Å²) < 4.78 is 7.96. The number of benzene rings is 2. The van der Waals surface area contributed by atoms with Crippen molar-refractivity contribution in [2.45, 2.75) is 0 Å². The molecule has 6 heteroatoms. The fourth-order valence-corrected chi connectivity index (χ4v) is 3.96. The first kappa shape index (κ1) is 14.9. The molecule has 0 aliphatic carbocycles. The van der Waals surface area contributed by atoms with Crippen LogP contribution < -0.4 is 0 Å². The second-order valence-corrected chi connectivity index (χ2v) is 6.75. The highest BCUT2D eigenvalue weighted by atomic mass is 32.1. The second kappa shape index (κ2) is 6.16. The largest absolute Gasteiger partial charge is 0.453 e. The minimum Gasteiger partial charge on any atom is -0.453 e. The molecule has 2 aromatic carbocycles. The number of fused-ring (bicyclic) bond motifs is 6. The van der Waals surface area contributed by atoms with Crippen molar-refractivity contribution in [1.82, 2.24) is 19.9 Å². The number of para-hydroxylation sites is 1. The Morgan fingerprint density at radius 2 is 1.38 bits per heavy atom. The SMILES string of the molecule is c1ccc2c(c1)oc1cncnc12.c1ccc2c(c1)sc1cncnc12. The molecule has 0 spiro atoms. The molecule has 6 aromatic rings. The van der Waals surface area contributed by atoms with Crippen LogP contribution in [-0.2, 0) is 0 Å². The Balaban J connectivity index is 0.000000115. The van der Waals surface area contributed by atoms with Crippen LogP contribution in [0.5, 0.6) is 0 Å². The predicted octanol–water partition coefficient (Wildman–Crippen LogP) is 5.22. The van der Waals surface area contributed by atoms with Crippen LogP contribution in [-0.4, -0.2) is 19.9 Å². The Morgan fingerprint density at radius 1 is 0.654 bits per heavy atom. The van der Waals surface area contributed by atoms with Crippen molar-refractivity contribution in [3.63, 3.8) is 0 Å².